The molecule has 2 saturated heterocycles. The second-order valence-corrected chi connectivity index (χ2v) is 9.75. The van der Waals surface area contributed by atoms with E-state index in [2.05, 4.69) is 25.2 Å². The lowest BCUT2D eigenvalue weighted by Gasteiger charge is -2.34. The molecule has 0 radical (unpaired) electrons. The third kappa shape index (κ3) is 4.12. The van der Waals surface area contributed by atoms with Gasteiger partial charge in [-0.05, 0) is 24.3 Å². The number of halogens is 2. The standard InChI is InChI=1S/C26H25ClFN5O3/c27-20-6-2-4-14-3-1-5-18(21(14)20)23-22(28)24-19(9-29-23)25(32-26(31-24)36-13-17(35)12-34)33-10-15-7-8-16(11-33)30-15/h1-6,9,15-17,30,34-35H,7-8,10-13H2/t15-,16+,17-/m1/s1. The Kier molecular flexibility index (Phi) is 6.08. The van der Waals surface area contributed by atoms with Gasteiger partial charge in [0.25, 0.3) is 0 Å². The quantitative estimate of drug-likeness (QED) is 0.364. The van der Waals surface area contributed by atoms with Gasteiger partial charge >= 0.3 is 6.01 Å². The van der Waals surface area contributed by atoms with Gasteiger partial charge in [-0.3, -0.25) is 4.98 Å². The number of anilines is 1. The van der Waals surface area contributed by atoms with Gasteiger partial charge in [-0.25, -0.2) is 4.39 Å². The van der Waals surface area contributed by atoms with Crippen molar-refractivity contribution < 1.29 is 19.3 Å². The minimum Gasteiger partial charge on any atom is -0.461 e. The molecule has 3 atom stereocenters. The first-order chi connectivity index (χ1) is 17.5. The van der Waals surface area contributed by atoms with E-state index in [1.807, 2.05) is 24.3 Å². The number of piperazine rings is 1. The van der Waals surface area contributed by atoms with Crippen molar-refractivity contribution in [2.75, 3.05) is 31.2 Å². The monoisotopic (exact) mass is 509 g/mol. The summed E-state index contributed by atoms with van der Waals surface area (Å²) in [5.74, 6) is -0.0602. The fourth-order valence-corrected chi connectivity index (χ4v) is 5.48. The first kappa shape index (κ1) is 23.3. The Bertz CT molecular complexity index is 1440. The number of nitrogens with zero attached hydrogens (tertiary/aromatic N) is 4. The SMILES string of the molecule is OC[C@@H](O)COc1nc(N2C[C@H]3CC[C@@H](C2)N3)c2cnc(-c3cccc4cccc(Cl)c34)c(F)c2n1. The van der Waals surface area contributed by atoms with Gasteiger partial charge in [0, 0.05) is 47.3 Å². The van der Waals surface area contributed by atoms with Gasteiger partial charge in [-0.15, -0.1) is 0 Å². The third-order valence-electron chi connectivity index (χ3n) is 6.88. The van der Waals surface area contributed by atoms with Gasteiger partial charge in [-0.2, -0.15) is 9.97 Å². The lowest BCUT2D eigenvalue weighted by Crippen LogP contribution is -2.51. The number of hydrogen-bond donors (Lipinski definition) is 3. The van der Waals surface area contributed by atoms with E-state index in [-0.39, 0.29) is 23.8 Å². The van der Waals surface area contributed by atoms with Crippen LogP contribution in [-0.4, -0.2) is 69.7 Å². The van der Waals surface area contributed by atoms with Crippen LogP contribution in [0.3, 0.4) is 0 Å². The van der Waals surface area contributed by atoms with Crippen LogP contribution in [0.15, 0.2) is 42.6 Å². The Labute approximate surface area is 211 Å². The van der Waals surface area contributed by atoms with Crippen LogP contribution in [-0.2, 0) is 0 Å². The zero-order valence-corrected chi connectivity index (χ0v) is 20.1. The number of aliphatic hydroxyl groups excluding tert-OH is 2. The Morgan fingerprint density at radius 2 is 1.89 bits per heavy atom. The number of aromatic nitrogens is 3. The van der Waals surface area contributed by atoms with Crippen LogP contribution in [0.4, 0.5) is 10.2 Å². The van der Waals surface area contributed by atoms with Crippen LogP contribution in [0.2, 0.25) is 5.02 Å². The van der Waals surface area contributed by atoms with Gasteiger partial charge in [-0.1, -0.05) is 41.9 Å². The summed E-state index contributed by atoms with van der Waals surface area (Å²) in [6, 6.07) is 11.7. The molecule has 4 aromatic rings. The molecule has 2 bridgehead atoms. The van der Waals surface area contributed by atoms with Gasteiger partial charge in [0.2, 0.25) is 0 Å². The Hall–Kier alpha value is -3.11. The molecule has 2 aromatic heterocycles. The lowest BCUT2D eigenvalue weighted by atomic mass is 10.0. The van der Waals surface area contributed by atoms with E-state index < -0.39 is 18.5 Å². The number of aliphatic hydroxyl groups is 2. The predicted molar refractivity (Wildman–Crippen MR) is 136 cm³/mol. The second-order valence-electron chi connectivity index (χ2n) is 9.35. The van der Waals surface area contributed by atoms with E-state index >= 15 is 4.39 Å². The molecule has 6 rings (SSSR count). The summed E-state index contributed by atoms with van der Waals surface area (Å²) in [5, 5.41) is 25.1. The van der Waals surface area contributed by atoms with E-state index in [4.69, 9.17) is 21.4 Å². The highest BCUT2D eigenvalue weighted by Gasteiger charge is 2.34. The van der Waals surface area contributed by atoms with E-state index in [1.165, 1.54) is 0 Å². The highest BCUT2D eigenvalue weighted by molar-refractivity contribution is 6.36. The van der Waals surface area contributed by atoms with Crippen molar-refractivity contribution in [2.45, 2.75) is 31.0 Å². The number of ether oxygens (including phenoxy) is 1. The van der Waals surface area contributed by atoms with Crippen molar-refractivity contribution in [1.82, 2.24) is 20.3 Å². The maximum atomic E-state index is 16.2. The van der Waals surface area contributed by atoms with Crippen molar-refractivity contribution >= 4 is 39.1 Å². The number of fused-ring (bicyclic) bond motifs is 4. The fraction of sp³-hybridized carbons (Fsp3) is 0.346. The molecular weight excluding hydrogens is 485 g/mol. The molecule has 36 heavy (non-hydrogen) atoms. The summed E-state index contributed by atoms with van der Waals surface area (Å²) >= 11 is 6.50. The summed E-state index contributed by atoms with van der Waals surface area (Å²) in [7, 11) is 0. The summed E-state index contributed by atoms with van der Waals surface area (Å²) in [4.78, 5) is 15.6. The van der Waals surface area contributed by atoms with Crippen LogP contribution in [0.5, 0.6) is 6.01 Å². The lowest BCUT2D eigenvalue weighted by molar-refractivity contribution is 0.0506. The number of pyridine rings is 1. The Balaban J connectivity index is 1.51. The first-order valence-corrected chi connectivity index (χ1v) is 12.4. The number of hydrogen-bond acceptors (Lipinski definition) is 8. The van der Waals surface area contributed by atoms with E-state index in [9.17, 15) is 5.11 Å². The molecule has 0 aliphatic carbocycles. The molecule has 8 nitrogen and oxygen atoms in total. The van der Waals surface area contributed by atoms with Crippen LogP contribution < -0.4 is 15.0 Å². The van der Waals surface area contributed by atoms with Crippen molar-refractivity contribution in [3.8, 4) is 17.3 Å². The maximum Gasteiger partial charge on any atom is 0.319 e. The molecule has 0 unspecified atom stereocenters. The van der Waals surface area contributed by atoms with Gasteiger partial charge < -0.3 is 25.2 Å². The summed E-state index contributed by atoms with van der Waals surface area (Å²) in [5.41, 5.74) is 0.775. The molecule has 2 fully saturated rings. The topological polar surface area (TPSA) is 104 Å². The highest BCUT2D eigenvalue weighted by atomic mass is 35.5. The molecule has 2 aliphatic heterocycles. The minimum atomic E-state index is -1.10. The zero-order valence-electron chi connectivity index (χ0n) is 19.4. The van der Waals surface area contributed by atoms with E-state index in [1.54, 1.807) is 18.3 Å². The second kappa shape index (κ2) is 9.40. The van der Waals surface area contributed by atoms with Crippen LogP contribution in [0.1, 0.15) is 12.8 Å². The van der Waals surface area contributed by atoms with Crippen LogP contribution >= 0.6 is 11.6 Å². The molecule has 2 aromatic carbocycles. The first-order valence-electron chi connectivity index (χ1n) is 12.0. The predicted octanol–water partition coefficient (Wildman–Crippen LogP) is 3.31. The molecule has 2 aliphatic rings. The molecule has 3 N–H and O–H groups in total. The van der Waals surface area contributed by atoms with Crippen molar-refractivity contribution in [3.05, 3.63) is 53.4 Å². The number of benzene rings is 2. The van der Waals surface area contributed by atoms with Crippen LogP contribution in [0, 0.1) is 5.82 Å². The maximum absolute atomic E-state index is 16.2. The third-order valence-corrected chi connectivity index (χ3v) is 7.20. The van der Waals surface area contributed by atoms with Crippen molar-refractivity contribution in [2.24, 2.45) is 0 Å². The molecule has 4 heterocycles. The smallest absolute Gasteiger partial charge is 0.319 e. The summed E-state index contributed by atoms with van der Waals surface area (Å²) < 4.78 is 21.8. The molecular formula is C26H25ClFN5O3. The average Bonchev–Trinajstić information content (AvgIpc) is 3.24. The molecule has 0 saturated carbocycles. The van der Waals surface area contributed by atoms with Crippen LogP contribution in [0.25, 0.3) is 32.9 Å². The van der Waals surface area contributed by atoms with E-state index in [0.29, 0.717) is 39.3 Å². The minimum absolute atomic E-state index is 0.0668. The van der Waals surface area contributed by atoms with E-state index in [0.717, 1.165) is 31.3 Å². The Morgan fingerprint density at radius 3 is 2.64 bits per heavy atom. The zero-order chi connectivity index (χ0) is 24.8. The summed E-state index contributed by atoms with van der Waals surface area (Å²) in [6.07, 6.45) is 2.66. The Morgan fingerprint density at radius 1 is 1.14 bits per heavy atom. The molecule has 186 valence electrons. The molecule has 10 heteroatoms. The average molecular weight is 510 g/mol. The highest BCUT2D eigenvalue weighted by Crippen LogP contribution is 2.38. The normalized spacial score (nSPS) is 20.3. The fourth-order valence-electron chi connectivity index (χ4n) is 5.20. The van der Waals surface area contributed by atoms with Crippen molar-refractivity contribution in [3.63, 3.8) is 0 Å². The van der Waals surface area contributed by atoms with Gasteiger partial charge in [0.1, 0.15) is 29.7 Å². The largest absolute Gasteiger partial charge is 0.461 e. The molecule has 0 amide bonds. The van der Waals surface area contributed by atoms with Gasteiger partial charge in [0.15, 0.2) is 5.82 Å². The summed E-state index contributed by atoms with van der Waals surface area (Å²) in [6.45, 7) is 0.770. The van der Waals surface area contributed by atoms with Crippen molar-refractivity contribution in [1.29, 1.82) is 0 Å². The van der Waals surface area contributed by atoms with Gasteiger partial charge in [0.05, 0.1) is 12.0 Å². The molecule has 0 spiro atoms. The number of rotatable bonds is 6. The number of nitrogens with one attached hydrogen (secondary N) is 1.